The van der Waals surface area contributed by atoms with Crippen LogP contribution in [-0.2, 0) is 4.84 Å². The summed E-state index contributed by atoms with van der Waals surface area (Å²) in [5, 5.41) is 3.99. The molecule has 0 aliphatic carbocycles. The van der Waals surface area contributed by atoms with Gasteiger partial charge >= 0.3 is 0 Å². The van der Waals surface area contributed by atoms with Crippen LogP contribution in [0.4, 0.5) is 0 Å². The number of rotatable bonds is 2. The van der Waals surface area contributed by atoms with Crippen LogP contribution in [0.5, 0.6) is 0 Å². The van der Waals surface area contributed by atoms with Crippen LogP contribution in [-0.4, -0.2) is 12.8 Å². The molecular weight excluding hydrogens is 162 g/mol. The molecule has 0 radical (unpaired) electrons. The Bertz CT molecular complexity index is 187. The highest BCUT2D eigenvalue weighted by molar-refractivity contribution is 5.60. The van der Waals surface area contributed by atoms with Gasteiger partial charge in [0.15, 0.2) is 0 Å². The molecule has 0 amide bonds. The molecule has 0 bridgehead atoms. The summed E-state index contributed by atoms with van der Waals surface area (Å²) >= 11 is 0. The number of hydrogen-bond acceptors (Lipinski definition) is 2. The minimum Gasteiger partial charge on any atom is -0.396 e. The van der Waals surface area contributed by atoms with Crippen molar-refractivity contribution in [2.45, 2.75) is 40.5 Å². The molecule has 0 saturated carbocycles. The van der Waals surface area contributed by atoms with Gasteiger partial charge in [0, 0.05) is 17.5 Å². The normalized spacial score (nSPS) is 29.1. The fourth-order valence-corrected chi connectivity index (χ4v) is 1.73. The molecule has 0 saturated heterocycles. The summed E-state index contributed by atoms with van der Waals surface area (Å²) in [7, 11) is 0. The van der Waals surface area contributed by atoms with E-state index in [4.69, 9.17) is 4.84 Å². The van der Waals surface area contributed by atoms with Crippen molar-refractivity contribution in [2.24, 2.45) is 22.4 Å². The van der Waals surface area contributed by atoms with Crippen LogP contribution in [0, 0.1) is 17.3 Å². The van der Waals surface area contributed by atoms with Crippen molar-refractivity contribution in [3.8, 4) is 0 Å². The zero-order chi connectivity index (χ0) is 9.90. The van der Waals surface area contributed by atoms with Gasteiger partial charge in [0.05, 0.1) is 0 Å². The first-order chi connectivity index (χ1) is 6.05. The van der Waals surface area contributed by atoms with E-state index in [9.17, 15) is 0 Å². The third-order valence-electron chi connectivity index (χ3n) is 2.95. The Morgan fingerprint density at radius 1 is 1.62 bits per heavy atom. The zero-order valence-corrected chi connectivity index (χ0v) is 9.21. The third kappa shape index (κ3) is 3.02. The third-order valence-corrected chi connectivity index (χ3v) is 2.95. The molecule has 0 aromatic heterocycles. The molecular formula is C11H21NO. The molecule has 1 rings (SSSR count). The molecule has 1 heterocycles. The van der Waals surface area contributed by atoms with Crippen molar-refractivity contribution in [1.82, 2.24) is 0 Å². The van der Waals surface area contributed by atoms with E-state index >= 15 is 0 Å². The van der Waals surface area contributed by atoms with E-state index in [1.807, 2.05) is 6.21 Å². The molecule has 2 atom stereocenters. The van der Waals surface area contributed by atoms with E-state index in [0.29, 0.717) is 11.8 Å². The fraction of sp³-hybridized carbons (Fsp3) is 0.909. The average Bonchev–Trinajstić information content (AvgIpc) is 2.25. The maximum atomic E-state index is 5.20. The van der Waals surface area contributed by atoms with Crippen molar-refractivity contribution in [2.75, 3.05) is 6.61 Å². The van der Waals surface area contributed by atoms with Crippen molar-refractivity contribution in [1.29, 1.82) is 0 Å². The Morgan fingerprint density at radius 2 is 2.31 bits per heavy atom. The number of hydrogen-bond donors (Lipinski definition) is 0. The Balaban J connectivity index is 2.62. The Labute approximate surface area is 81.3 Å². The molecule has 76 valence electrons. The summed E-state index contributed by atoms with van der Waals surface area (Å²) in [4.78, 5) is 5.20. The van der Waals surface area contributed by atoms with Gasteiger partial charge < -0.3 is 4.84 Å². The van der Waals surface area contributed by atoms with E-state index in [-0.39, 0.29) is 5.41 Å². The second kappa shape index (κ2) is 4.12. The highest BCUT2D eigenvalue weighted by atomic mass is 16.6. The van der Waals surface area contributed by atoms with Gasteiger partial charge in [-0.1, -0.05) is 39.3 Å². The lowest BCUT2D eigenvalue weighted by atomic mass is 9.78. The van der Waals surface area contributed by atoms with Crippen molar-refractivity contribution in [3.05, 3.63) is 0 Å². The van der Waals surface area contributed by atoms with Crippen molar-refractivity contribution in [3.63, 3.8) is 0 Å². The molecule has 0 aromatic carbocycles. The molecule has 0 N–H and O–H groups in total. The molecule has 2 nitrogen and oxygen atoms in total. The van der Waals surface area contributed by atoms with Gasteiger partial charge in [-0.05, 0) is 12.3 Å². The molecule has 0 spiro atoms. The summed E-state index contributed by atoms with van der Waals surface area (Å²) in [5.74, 6) is 1.30. The van der Waals surface area contributed by atoms with Gasteiger partial charge in [-0.25, -0.2) is 0 Å². The molecule has 2 heteroatoms. The first-order valence-corrected chi connectivity index (χ1v) is 5.20. The fourth-order valence-electron chi connectivity index (χ4n) is 1.73. The molecule has 2 unspecified atom stereocenters. The monoisotopic (exact) mass is 183 g/mol. The number of oxime groups is 1. The summed E-state index contributed by atoms with van der Waals surface area (Å²) in [6.07, 6.45) is 4.39. The minimum absolute atomic E-state index is 0.268. The molecule has 0 fully saturated rings. The van der Waals surface area contributed by atoms with Crippen molar-refractivity contribution < 1.29 is 4.84 Å². The van der Waals surface area contributed by atoms with Gasteiger partial charge in [0.1, 0.15) is 6.61 Å². The SMILES string of the molecule is CCC(C)C1C=NOCC(C)(C)C1. The van der Waals surface area contributed by atoms with Crippen LogP contribution in [0.2, 0.25) is 0 Å². The van der Waals surface area contributed by atoms with E-state index in [1.54, 1.807) is 0 Å². The lowest BCUT2D eigenvalue weighted by molar-refractivity contribution is 0.0673. The quantitative estimate of drug-likeness (QED) is 0.644. The van der Waals surface area contributed by atoms with Crippen LogP contribution >= 0.6 is 0 Å². The Morgan fingerprint density at radius 3 is 2.92 bits per heavy atom. The van der Waals surface area contributed by atoms with Crippen LogP contribution < -0.4 is 0 Å². The largest absolute Gasteiger partial charge is 0.396 e. The van der Waals surface area contributed by atoms with Gasteiger partial charge in [-0.2, -0.15) is 0 Å². The summed E-state index contributed by atoms with van der Waals surface area (Å²) < 4.78 is 0. The highest BCUT2D eigenvalue weighted by Gasteiger charge is 2.28. The van der Waals surface area contributed by atoms with E-state index in [1.165, 1.54) is 12.8 Å². The smallest absolute Gasteiger partial charge is 0.122 e. The maximum absolute atomic E-state index is 5.20. The molecule has 13 heavy (non-hydrogen) atoms. The van der Waals surface area contributed by atoms with Gasteiger partial charge in [-0.15, -0.1) is 0 Å². The summed E-state index contributed by atoms with van der Waals surface area (Å²) in [6.45, 7) is 9.76. The predicted octanol–water partition coefficient (Wildman–Crippen LogP) is 3.08. The lowest BCUT2D eigenvalue weighted by Gasteiger charge is -2.26. The van der Waals surface area contributed by atoms with E-state index in [0.717, 1.165) is 6.61 Å². The minimum atomic E-state index is 0.268. The van der Waals surface area contributed by atoms with Gasteiger partial charge in [-0.3, -0.25) is 0 Å². The van der Waals surface area contributed by atoms with Crippen LogP contribution in [0.15, 0.2) is 5.16 Å². The second-order valence-electron chi connectivity index (χ2n) is 4.95. The molecule has 1 aliphatic rings. The first kappa shape index (κ1) is 10.6. The summed E-state index contributed by atoms with van der Waals surface area (Å²) in [5.41, 5.74) is 0.268. The first-order valence-electron chi connectivity index (χ1n) is 5.20. The van der Waals surface area contributed by atoms with Gasteiger partial charge in [0.25, 0.3) is 0 Å². The predicted molar refractivity (Wildman–Crippen MR) is 55.8 cm³/mol. The van der Waals surface area contributed by atoms with E-state index in [2.05, 4.69) is 32.9 Å². The second-order valence-corrected chi connectivity index (χ2v) is 4.95. The standard InChI is InChI=1S/C11H21NO/c1-5-9(2)10-6-11(3,4)8-13-12-7-10/h7,9-10H,5-6,8H2,1-4H3. The lowest BCUT2D eigenvalue weighted by Crippen LogP contribution is -2.23. The average molecular weight is 183 g/mol. The number of nitrogens with zero attached hydrogens (tertiary/aromatic N) is 1. The Kier molecular flexibility index (Phi) is 3.34. The van der Waals surface area contributed by atoms with Crippen molar-refractivity contribution >= 4 is 6.21 Å². The molecule has 0 aromatic rings. The summed E-state index contributed by atoms with van der Waals surface area (Å²) in [6, 6.07) is 0. The van der Waals surface area contributed by atoms with E-state index < -0.39 is 0 Å². The van der Waals surface area contributed by atoms with Crippen LogP contribution in [0.25, 0.3) is 0 Å². The Hall–Kier alpha value is -0.530. The highest BCUT2D eigenvalue weighted by Crippen LogP contribution is 2.31. The van der Waals surface area contributed by atoms with Crippen LogP contribution in [0.1, 0.15) is 40.5 Å². The van der Waals surface area contributed by atoms with Gasteiger partial charge in [0.2, 0.25) is 0 Å². The topological polar surface area (TPSA) is 21.6 Å². The zero-order valence-electron chi connectivity index (χ0n) is 9.21. The molecule has 1 aliphatic heterocycles. The maximum Gasteiger partial charge on any atom is 0.122 e. The van der Waals surface area contributed by atoms with Crippen LogP contribution in [0.3, 0.4) is 0 Å².